The molecule has 172 valence electrons. The van der Waals surface area contributed by atoms with E-state index in [0.717, 1.165) is 5.69 Å². The number of nitrogen functional groups attached to an aromatic ring is 1. The lowest BCUT2D eigenvalue weighted by Crippen LogP contribution is -2.29. The molecular formula is C22H21N9O3. The number of ketones is 1. The average molecular weight is 459 g/mol. The summed E-state index contributed by atoms with van der Waals surface area (Å²) < 4.78 is 1.66. The van der Waals surface area contributed by atoms with Crippen LogP contribution in [0.25, 0.3) is 10.8 Å². The van der Waals surface area contributed by atoms with Crippen molar-refractivity contribution in [1.29, 1.82) is 0 Å². The zero-order chi connectivity index (χ0) is 23.8. The summed E-state index contributed by atoms with van der Waals surface area (Å²) in [6.07, 6.45) is 5.04. The van der Waals surface area contributed by atoms with Crippen LogP contribution in [-0.2, 0) is 22.6 Å². The summed E-state index contributed by atoms with van der Waals surface area (Å²) in [6, 6.07) is 5.24. The van der Waals surface area contributed by atoms with E-state index in [9.17, 15) is 14.4 Å². The number of nitrogens with zero attached hydrogens (tertiary/aromatic N) is 6. The zero-order valence-corrected chi connectivity index (χ0v) is 18.3. The summed E-state index contributed by atoms with van der Waals surface area (Å²) in [5.41, 5.74) is 7.65. The number of carbonyl (C=O) groups is 3. The van der Waals surface area contributed by atoms with E-state index in [0.29, 0.717) is 41.1 Å². The molecule has 5 heterocycles. The second-order valence-corrected chi connectivity index (χ2v) is 7.99. The van der Waals surface area contributed by atoms with Crippen LogP contribution in [0.1, 0.15) is 22.6 Å². The molecule has 0 atom stereocenters. The highest BCUT2D eigenvalue weighted by atomic mass is 16.2. The maximum Gasteiger partial charge on any atom is 0.276 e. The highest BCUT2D eigenvalue weighted by molar-refractivity contribution is 6.29. The average Bonchev–Trinajstić information content (AvgIpc) is 3.09. The molecule has 12 heteroatoms. The van der Waals surface area contributed by atoms with E-state index in [4.69, 9.17) is 5.73 Å². The second-order valence-electron chi connectivity index (χ2n) is 7.99. The van der Waals surface area contributed by atoms with E-state index < -0.39 is 5.91 Å². The number of aliphatic imine (C=N–C) groups is 1. The lowest BCUT2D eigenvalue weighted by molar-refractivity contribution is -0.121. The van der Waals surface area contributed by atoms with E-state index in [1.54, 1.807) is 30.1 Å². The Balaban J connectivity index is 1.42. The van der Waals surface area contributed by atoms with Crippen LogP contribution in [0.5, 0.6) is 0 Å². The van der Waals surface area contributed by atoms with Gasteiger partial charge in [-0.05, 0) is 17.5 Å². The summed E-state index contributed by atoms with van der Waals surface area (Å²) in [4.78, 5) is 50.2. The van der Waals surface area contributed by atoms with Crippen molar-refractivity contribution in [3.05, 3.63) is 47.7 Å². The molecule has 0 aliphatic carbocycles. The number of anilines is 3. The number of Topliss-reactive ketones (excluding diaryl/α,β-unsaturated/α-hetero) is 1. The van der Waals surface area contributed by atoms with Crippen LogP contribution < -0.4 is 16.4 Å². The highest BCUT2D eigenvalue weighted by Gasteiger charge is 2.22. The van der Waals surface area contributed by atoms with Gasteiger partial charge in [-0.3, -0.25) is 24.1 Å². The Labute approximate surface area is 193 Å². The SMILES string of the molecule is CN(C(=O)c1cc2cc(Nc3cc4n(n3)CC(=O)NCC4)ncc2c(N)n1)C1=CN=CC(=O)C1. The molecule has 0 unspecified atom stereocenters. The van der Waals surface area contributed by atoms with Crippen LogP contribution in [0.3, 0.4) is 0 Å². The fraction of sp³-hybridized carbons (Fsp3) is 0.227. The minimum Gasteiger partial charge on any atom is -0.383 e. The van der Waals surface area contributed by atoms with Gasteiger partial charge >= 0.3 is 0 Å². The van der Waals surface area contributed by atoms with E-state index in [-0.39, 0.29) is 36.2 Å². The number of rotatable bonds is 4. The number of aromatic nitrogens is 4. The largest absolute Gasteiger partial charge is 0.383 e. The summed E-state index contributed by atoms with van der Waals surface area (Å²) in [5, 5.41) is 11.7. The zero-order valence-electron chi connectivity index (χ0n) is 18.3. The summed E-state index contributed by atoms with van der Waals surface area (Å²) in [6.45, 7) is 0.726. The molecule has 3 aromatic rings. The second kappa shape index (κ2) is 8.39. The Morgan fingerprint density at radius 2 is 2.09 bits per heavy atom. The van der Waals surface area contributed by atoms with Crippen molar-refractivity contribution in [3.8, 4) is 0 Å². The number of hydrogen-bond acceptors (Lipinski definition) is 9. The first kappa shape index (κ1) is 21.2. The molecule has 0 fully saturated rings. The number of pyridine rings is 2. The topological polar surface area (TPSA) is 160 Å². The monoisotopic (exact) mass is 459 g/mol. The van der Waals surface area contributed by atoms with Crippen molar-refractivity contribution in [3.63, 3.8) is 0 Å². The van der Waals surface area contributed by atoms with Gasteiger partial charge in [-0.2, -0.15) is 5.10 Å². The smallest absolute Gasteiger partial charge is 0.276 e. The molecule has 3 aromatic heterocycles. The molecule has 2 aliphatic heterocycles. The Morgan fingerprint density at radius 3 is 2.91 bits per heavy atom. The van der Waals surface area contributed by atoms with E-state index in [1.165, 1.54) is 17.3 Å². The van der Waals surface area contributed by atoms with Gasteiger partial charge in [-0.1, -0.05) is 0 Å². The molecule has 0 saturated heterocycles. The molecule has 0 radical (unpaired) electrons. The summed E-state index contributed by atoms with van der Waals surface area (Å²) >= 11 is 0. The number of nitrogens with two attached hydrogens (primary N) is 1. The van der Waals surface area contributed by atoms with Crippen molar-refractivity contribution in [2.24, 2.45) is 4.99 Å². The molecule has 34 heavy (non-hydrogen) atoms. The molecular weight excluding hydrogens is 438 g/mol. The number of amides is 2. The van der Waals surface area contributed by atoms with Gasteiger partial charge in [0.25, 0.3) is 5.91 Å². The third kappa shape index (κ3) is 4.08. The molecule has 2 amide bonds. The maximum atomic E-state index is 13.0. The molecule has 0 aromatic carbocycles. The Hall–Kier alpha value is -4.61. The molecule has 12 nitrogen and oxygen atoms in total. The third-order valence-electron chi connectivity index (χ3n) is 5.61. The maximum absolute atomic E-state index is 13.0. The van der Waals surface area contributed by atoms with Crippen molar-refractivity contribution in [1.82, 2.24) is 30.0 Å². The van der Waals surface area contributed by atoms with Gasteiger partial charge in [0.1, 0.15) is 23.9 Å². The van der Waals surface area contributed by atoms with Gasteiger partial charge < -0.3 is 21.3 Å². The molecule has 2 aliphatic rings. The fourth-order valence-corrected chi connectivity index (χ4v) is 3.84. The number of fused-ring (bicyclic) bond motifs is 2. The molecule has 0 saturated carbocycles. The fourth-order valence-electron chi connectivity index (χ4n) is 3.84. The number of nitrogens with one attached hydrogen (secondary N) is 2. The predicted octanol–water partition coefficient (Wildman–Crippen LogP) is 0.781. The highest BCUT2D eigenvalue weighted by Crippen LogP contribution is 2.25. The van der Waals surface area contributed by atoms with E-state index >= 15 is 0 Å². The van der Waals surface area contributed by atoms with E-state index in [2.05, 4.69) is 30.7 Å². The minimum absolute atomic E-state index is 0.0810. The van der Waals surface area contributed by atoms with Crippen LogP contribution >= 0.6 is 0 Å². The van der Waals surface area contributed by atoms with Gasteiger partial charge in [-0.25, -0.2) is 9.97 Å². The Kier molecular flexibility index (Phi) is 5.24. The molecule has 0 bridgehead atoms. The van der Waals surface area contributed by atoms with Crippen LogP contribution in [-0.4, -0.2) is 62.1 Å². The lowest BCUT2D eigenvalue weighted by atomic mass is 10.1. The molecule has 5 rings (SSSR count). The van der Waals surface area contributed by atoms with Gasteiger partial charge in [0.2, 0.25) is 5.91 Å². The number of hydrogen-bond donors (Lipinski definition) is 3. The summed E-state index contributed by atoms with van der Waals surface area (Å²) in [5.74, 6) is 0.554. The van der Waals surface area contributed by atoms with Crippen molar-refractivity contribution < 1.29 is 14.4 Å². The van der Waals surface area contributed by atoms with Gasteiger partial charge in [0.05, 0.1) is 12.6 Å². The Morgan fingerprint density at radius 1 is 1.24 bits per heavy atom. The van der Waals surface area contributed by atoms with Crippen molar-refractivity contribution in [2.45, 2.75) is 19.4 Å². The normalized spacial score (nSPS) is 15.4. The number of carbonyl (C=O) groups excluding carboxylic acids is 3. The quantitative estimate of drug-likeness (QED) is 0.516. The van der Waals surface area contributed by atoms with Crippen LogP contribution in [0.2, 0.25) is 0 Å². The van der Waals surface area contributed by atoms with Crippen LogP contribution in [0.15, 0.2) is 41.3 Å². The van der Waals surface area contributed by atoms with E-state index in [1.807, 2.05) is 6.07 Å². The number of allylic oxidation sites excluding steroid dienone is 1. The minimum atomic E-state index is -0.410. The van der Waals surface area contributed by atoms with Crippen molar-refractivity contribution >= 4 is 52.0 Å². The third-order valence-corrected chi connectivity index (χ3v) is 5.61. The lowest BCUT2D eigenvalue weighted by Gasteiger charge is -2.20. The van der Waals surface area contributed by atoms with Gasteiger partial charge in [0, 0.05) is 55.3 Å². The van der Waals surface area contributed by atoms with Crippen LogP contribution in [0, 0.1) is 0 Å². The Bertz CT molecular complexity index is 1410. The first-order chi connectivity index (χ1) is 16.4. The summed E-state index contributed by atoms with van der Waals surface area (Å²) in [7, 11) is 1.56. The first-order valence-electron chi connectivity index (χ1n) is 10.6. The first-order valence-corrected chi connectivity index (χ1v) is 10.6. The molecule has 4 N–H and O–H groups in total. The standard InChI is InChI=1S/C22H21N9O3/c1-30(14-6-15(32)9-24-8-14)22(34)17-4-12-5-18(26-10-16(12)21(23)27-17)28-19-7-13-2-3-25-20(33)11-31(13)29-19/h4-5,7-10H,2-3,6,11H2,1H3,(H2,23,27)(H,25,33)(H,26,28,29). The van der Waals surface area contributed by atoms with Crippen molar-refractivity contribution in [2.75, 3.05) is 24.6 Å². The van der Waals surface area contributed by atoms with Gasteiger partial charge in [0.15, 0.2) is 11.6 Å². The molecule has 0 spiro atoms. The predicted molar refractivity (Wildman–Crippen MR) is 124 cm³/mol. The van der Waals surface area contributed by atoms with Crippen LogP contribution in [0.4, 0.5) is 17.5 Å². The van der Waals surface area contributed by atoms with Gasteiger partial charge in [-0.15, -0.1) is 0 Å².